The summed E-state index contributed by atoms with van der Waals surface area (Å²) < 4.78 is 0. The summed E-state index contributed by atoms with van der Waals surface area (Å²) in [6.45, 7) is 14.4. The van der Waals surface area contributed by atoms with Gasteiger partial charge >= 0.3 is 0 Å². The normalized spacial score (nSPS) is 20.8. The monoisotopic (exact) mass is 240 g/mol. The van der Waals surface area contributed by atoms with Gasteiger partial charge in [0.1, 0.15) is 0 Å². The zero-order chi connectivity index (χ0) is 12.8. The summed E-state index contributed by atoms with van der Waals surface area (Å²) in [5.41, 5.74) is 1.26. The predicted octanol–water partition coefficient (Wildman–Crippen LogP) is 1.63. The van der Waals surface area contributed by atoms with Crippen molar-refractivity contribution in [3.63, 3.8) is 0 Å². The number of aliphatic hydroxyl groups excluding tert-OH is 1. The van der Waals surface area contributed by atoms with Gasteiger partial charge in [0.15, 0.2) is 0 Å². The number of nitrogens with one attached hydrogen (secondary N) is 1. The van der Waals surface area contributed by atoms with Crippen LogP contribution in [-0.2, 0) is 0 Å². The zero-order valence-corrected chi connectivity index (χ0v) is 11.6. The standard InChI is InChI=1S/C14H28N2O/c1-11(2)15-9-12(3)10-16-7-5-14(6-8-16)13(4)17/h11,13-15,17H,3,5-10H2,1-2,4H3. The maximum Gasteiger partial charge on any atom is 0.0541 e. The minimum Gasteiger partial charge on any atom is -0.393 e. The number of hydrogen-bond donors (Lipinski definition) is 2. The Morgan fingerprint density at radius 2 is 1.94 bits per heavy atom. The molecule has 1 aliphatic heterocycles. The van der Waals surface area contributed by atoms with Gasteiger partial charge in [-0.05, 0) is 44.3 Å². The highest BCUT2D eigenvalue weighted by atomic mass is 16.3. The van der Waals surface area contributed by atoms with Gasteiger partial charge in [0.05, 0.1) is 6.10 Å². The predicted molar refractivity (Wildman–Crippen MR) is 73.1 cm³/mol. The molecule has 0 aliphatic carbocycles. The van der Waals surface area contributed by atoms with Crippen molar-refractivity contribution in [3.8, 4) is 0 Å². The zero-order valence-electron chi connectivity index (χ0n) is 11.6. The minimum absolute atomic E-state index is 0.150. The lowest BCUT2D eigenvalue weighted by molar-refractivity contribution is 0.0747. The van der Waals surface area contributed by atoms with E-state index in [1.54, 1.807) is 0 Å². The molecule has 0 saturated carbocycles. The molecule has 0 amide bonds. The lowest BCUT2D eigenvalue weighted by Gasteiger charge is -2.33. The number of hydrogen-bond acceptors (Lipinski definition) is 3. The highest BCUT2D eigenvalue weighted by Crippen LogP contribution is 2.20. The third-order valence-corrected chi connectivity index (χ3v) is 3.52. The Kier molecular flexibility index (Phi) is 6.17. The molecule has 0 aromatic carbocycles. The first kappa shape index (κ1) is 14.7. The number of aliphatic hydroxyl groups is 1. The van der Waals surface area contributed by atoms with E-state index in [1.807, 2.05) is 6.92 Å². The van der Waals surface area contributed by atoms with Gasteiger partial charge < -0.3 is 10.4 Å². The molecule has 0 spiro atoms. The Labute approximate surface area is 106 Å². The number of likely N-dealkylation sites (tertiary alicyclic amines) is 1. The maximum atomic E-state index is 9.54. The van der Waals surface area contributed by atoms with Crippen LogP contribution < -0.4 is 5.32 Å². The van der Waals surface area contributed by atoms with Crippen LogP contribution in [0.25, 0.3) is 0 Å². The second-order valence-electron chi connectivity index (χ2n) is 5.64. The van der Waals surface area contributed by atoms with Crippen molar-refractivity contribution in [3.05, 3.63) is 12.2 Å². The smallest absolute Gasteiger partial charge is 0.0541 e. The average molecular weight is 240 g/mol. The molecule has 0 aromatic rings. The molecule has 100 valence electrons. The van der Waals surface area contributed by atoms with Crippen LogP contribution in [0.2, 0.25) is 0 Å². The second kappa shape index (κ2) is 7.14. The highest BCUT2D eigenvalue weighted by Gasteiger charge is 2.22. The van der Waals surface area contributed by atoms with E-state index in [2.05, 4.69) is 30.6 Å². The van der Waals surface area contributed by atoms with E-state index >= 15 is 0 Å². The molecule has 17 heavy (non-hydrogen) atoms. The van der Waals surface area contributed by atoms with Crippen LogP contribution in [0.3, 0.4) is 0 Å². The summed E-state index contributed by atoms with van der Waals surface area (Å²) in [5, 5.41) is 12.9. The summed E-state index contributed by atoms with van der Waals surface area (Å²) in [7, 11) is 0. The molecule has 1 fully saturated rings. The fourth-order valence-electron chi connectivity index (χ4n) is 2.31. The highest BCUT2D eigenvalue weighted by molar-refractivity contribution is 5.00. The van der Waals surface area contributed by atoms with Crippen molar-refractivity contribution in [2.24, 2.45) is 5.92 Å². The molecule has 1 unspecified atom stereocenters. The summed E-state index contributed by atoms with van der Waals surface area (Å²) >= 11 is 0. The Morgan fingerprint density at radius 3 is 2.41 bits per heavy atom. The second-order valence-corrected chi connectivity index (χ2v) is 5.64. The van der Waals surface area contributed by atoms with E-state index in [0.717, 1.165) is 39.0 Å². The molecule has 1 heterocycles. The fraction of sp³-hybridized carbons (Fsp3) is 0.857. The van der Waals surface area contributed by atoms with Gasteiger partial charge in [-0.3, -0.25) is 4.90 Å². The van der Waals surface area contributed by atoms with Gasteiger partial charge in [0.25, 0.3) is 0 Å². The Balaban J connectivity index is 2.19. The number of piperidine rings is 1. The Morgan fingerprint density at radius 1 is 1.35 bits per heavy atom. The third-order valence-electron chi connectivity index (χ3n) is 3.52. The van der Waals surface area contributed by atoms with E-state index in [1.165, 1.54) is 5.57 Å². The average Bonchev–Trinajstić information content (AvgIpc) is 2.27. The van der Waals surface area contributed by atoms with Crippen LogP contribution >= 0.6 is 0 Å². The first-order chi connectivity index (χ1) is 7.99. The number of rotatable bonds is 6. The number of nitrogens with zero attached hydrogens (tertiary/aromatic N) is 1. The van der Waals surface area contributed by atoms with Crippen molar-refractivity contribution >= 4 is 0 Å². The molecule has 2 N–H and O–H groups in total. The maximum absolute atomic E-state index is 9.54. The van der Waals surface area contributed by atoms with Gasteiger partial charge in [-0.15, -0.1) is 0 Å². The summed E-state index contributed by atoms with van der Waals surface area (Å²) in [4.78, 5) is 2.45. The first-order valence-corrected chi connectivity index (χ1v) is 6.79. The topological polar surface area (TPSA) is 35.5 Å². The fourth-order valence-corrected chi connectivity index (χ4v) is 2.31. The largest absolute Gasteiger partial charge is 0.393 e. The molecule has 0 radical (unpaired) electrons. The van der Waals surface area contributed by atoms with Gasteiger partial charge in [0, 0.05) is 19.1 Å². The molecular weight excluding hydrogens is 212 g/mol. The summed E-state index contributed by atoms with van der Waals surface area (Å²) in [5.74, 6) is 0.494. The van der Waals surface area contributed by atoms with Crippen LogP contribution in [0.15, 0.2) is 12.2 Å². The van der Waals surface area contributed by atoms with Crippen LogP contribution in [0.1, 0.15) is 33.6 Å². The van der Waals surface area contributed by atoms with Crippen LogP contribution in [0.4, 0.5) is 0 Å². The van der Waals surface area contributed by atoms with Crippen LogP contribution in [0, 0.1) is 5.92 Å². The third kappa shape index (κ3) is 5.66. The molecule has 0 bridgehead atoms. The van der Waals surface area contributed by atoms with Crippen molar-refractivity contribution in [1.82, 2.24) is 10.2 Å². The summed E-state index contributed by atoms with van der Waals surface area (Å²) in [6, 6.07) is 0.521. The van der Waals surface area contributed by atoms with Gasteiger partial charge in [0.2, 0.25) is 0 Å². The van der Waals surface area contributed by atoms with E-state index in [0.29, 0.717) is 12.0 Å². The minimum atomic E-state index is -0.150. The van der Waals surface area contributed by atoms with Crippen molar-refractivity contribution < 1.29 is 5.11 Å². The van der Waals surface area contributed by atoms with E-state index in [-0.39, 0.29) is 6.10 Å². The van der Waals surface area contributed by atoms with Crippen molar-refractivity contribution in [2.45, 2.75) is 45.8 Å². The SMILES string of the molecule is C=C(CNC(C)C)CN1CCC(C(C)O)CC1. The van der Waals surface area contributed by atoms with Gasteiger partial charge in [-0.1, -0.05) is 20.4 Å². The van der Waals surface area contributed by atoms with Gasteiger partial charge in [-0.25, -0.2) is 0 Å². The first-order valence-electron chi connectivity index (χ1n) is 6.79. The molecule has 1 saturated heterocycles. The molecule has 3 nitrogen and oxygen atoms in total. The quantitative estimate of drug-likeness (QED) is 0.693. The molecule has 1 aliphatic rings. The molecule has 0 aromatic heterocycles. The van der Waals surface area contributed by atoms with E-state index < -0.39 is 0 Å². The van der Waals surface area contributed by atoms with Crippen molar-refractivity contribution in [2.75, 3.05) is 26.2 Å². The summed E-state index contributed by atoms with van der Waals surface area (Å²) in [6.07, 6.45) is 2.08. The Hall–Kier alpha value is -0.380. The van der Waals surface area contributed by atoms with Crippen molar-refractivity contribution in [1.29, 1.82) is 0 Å². The van der Waals surface area contributed by atoms with Crippen LogP contribution in [-0.4, -0.2) is 48.3 Å². The van der Waals surface area contributed by atoms with E-state index in [4.69, 9.17) is 0 Å². The molecular formula is C14H28N2O. The molecule has 1 rings (SSSR count). The Bertz CT molecular complexity index is 230. The van der Waals surface area contributed by atoms with Gasteiger partial charge in [-0.2, -0.15) is 0 Å². The lowest BCUT2D eigenvalue weighted by atomic mass is 9.92. The van der Waals surface area contributed by atoms with Crippen LogP contribution in [0.5, 0.6) is 0 Å². The molecule has 3 heteroatoms. The van der Waals surface area contributed by atoms with E-state index in [9.17, 15) is 5.11 Å². The lowest BCUT2D eigenvalue weighted by Crippen LogP contribution is -2.39. The molecule has 1 atom stereocenters.